The van der Waals surface area contributed by atoms with Crippen LogP contribution in [0.1, 0.15) is 40.3 Å². The summed E-state index contributed by atoms with van der Waals surface area (Å²) in [5.74, 6) is -0.513. The summed E-state index contributed by atoms with van der Waals surface area (Å²) in [6, 6.07) is 13.9. The number of hydrogen-bond donors (Lipinski definition) is 2. The van der Waals surface area contributed by atoms with E-state index in [0.717, 1.165) is 28.0 Å². The monoisotopic (exact) mass is 623 g/mol. The number of esters is 1. The number of aromatic amines is 1. The number of carbonyl (C=O) groups is 1. The minimum Gasteiger partial charge on any atom is -0.462 e. The Kier molecular flexibility index (Phi) is 9.74. The predicted molar refractivity (Wildman–Crippen MR) is 154 cm³/mol. The van der Waals surface area contributed by atoms with Crippen LogP contribution in [0, 0.1) is 0 Å². The summed E-state index contributed by atoms with van der Waals surface area (Å²) in [6.45, 7) is 5.62. The van der Waals surface area contributed by atoms with Gasteiger partial charge in [0.1, 0.15) is 11.8 Å². The fourth-order valence-electron chi connectivity index (χ4n) is 4.39. The van der Waals surface area contributed by atoms with Crippen molar-refractivity contribution in [2.24, 2.45) is 0 Å². The SMILES string of the molecule is CC(C)OC(=O)C(C)NP(=O)(OCC1CC(C)(F)C(n2ccc(=O)[nH]c2=O)O1)Oc1ccc(-c2cccc(Cl)c2)cc1. The van der Waals surface area contributed by atoms with E-state index >= 15 is 4.39 Å². The Morgan fingerprint density at radius 3 is 2.55 bits per heavy atom. The lowest BCUT2D eigenvalue weighted by molar-refractivity contribution is -0.149. The molecule has 0 bridgehead atoms. The van der Waals surface area contributed by atoms with E-state index in [1.54, 1.807) is 50.2 Å². The first-order chi connectivity index (χ1) is 19.7. The van der Waals surface area contributed by atoms with Crippen molar-refractivity contribution in [2.75, 3.05) is 6.61 Å². The molecule has 1 aliphatic heterocycles. The third-order valence-electron chi connectivity index (χ3n) is 6.29. The molecule has 1 aliphatic rings. The van der Waals surface area contributed by atoms with Gasteiger partial charge in [-0.1, -0.05) is 35.9 Å². The number of hydrogen-bond acceptors (Lipinski definition) is 8. The fraction of sp³-hybridized carbons (Fsp3) is 0.393. The molecule has 0 radical (unpaired) electrons. The van der Waals surface area contributed by atoms with Crippen LogP contribution in [-0.4, -0.2) is 46.0 Å². The van der Waals surface area contributed by atoms with Crippen LogP contribution in [0.15, 0.2) is 70.4 Å². The van der Waals surface area contributed by atoms with Crippen molar-refractivity contribution < 1.29 is 32.3 Å². The Hall–Kier alpha value is -3.28. The minimum atomic E-state index is -4.28. The summed E-state index contributed by atoms with van der Waals surface area (Å²) in [4.78, 5) is 38.2. The van der Waals surface area contributed by atoms with Crippen LogP contribution in [0.2, 0.25) is 5.02 Å². The molecule has 0 spiro atoms. The van der Waals surface area contributed by atoms with E-state index < -0.39 is 61.7 Å². The van der Waals surface area contributed by atoms with Crippen LogP contribution in [0.3, 0.4) is 0 Å². The highest BCUT2D eigenvalue weighted by Gasteiger charge is 2.48. The van der Waals surface area contributed by atoms with Crippen molar-refractivity contribution in [3.8, 4) is 16.9 Å². The number of nitrogens with zero attached hydrogens (tertiary/aromatic N) is 1. The molecule has 11 nitrogen and oxygen atoms in total. The van der Waals surface area contributed by atoms with Crippen molar-refractivity contribution in [2.45, 2.75) is 64.3 Å². The van der Waals surface area contributed by atoms with Gasteiger partial charge in [-0.2, -0.15) is 5.09 Å². The number of aromatic nitrogens is 2. The first-order valence-corrected chi connectivity index (χ1v) is 15.1. The molecule has 42 heavy (non-hydrogen) atoms. The van der Waals surface area contributed by atoms with Gasteiger partial charge in [-0.3, -0.25) is 23.7 Å². The van der Waals surface area contributed by atoms with Crippen LogP contribution in [0.5, 0.6) is 5.75 Å². The quantitative estimate of drug-likeness (QED) is 0.223. The molecule has 1 fully saturated rings. The summed E-state index contributed by atoms with van der Waals surface area (Å²) in [5, 5.41) is 3.15. The van der Waals surface area contributed by atoms with Gasteiger partial charge in [-0.25, -0.2) is 13.8 Å². The number of halogens is 2. The second-order valence-corrected chi connectivity index (χ2v) is 12.5. The highest BCUT2D eigenvalue weighted by atomic mass is 35.5. The molecule has 3 aromatic rings. The highest BCUT2D eigenvalue weighted by Crippen LogP contribution is 2.47. The van der Waals surface area contributed by atoms with Crippen LogP contribution < -0.4 is 20.9 Å². The Labute approximate surface area is 246 Å². The third-order valence-corrected chi connectivity index (χ3v) is 8.17. The van der Waals surface area contributed by atoms with Gasteiger partial charge < -0.3 is 14.0 Å². The number of nitrogens with one attached hydrogen (secondary N) is 2. The van der Waals surface area contributed by atoms with Crippen molar-refractivity contribution in [1.29, 1.82) is 0 Å². The zero-order valence-corrected chi connectivity index (χ0v) is 25.1. The maximum Gasteiger partial charge on any atom is 0.459 e. The molecule has 226 valence electrons. The van der Waals surface area contributed by atoms with Gasteiger partial charge in [0, 0.05) is 23.7 Å². The van der Waals surface area contributed by atoms with Crippen molar-refractivity contribution in [1.82, 2.24) is 14.6 Å². The van der Waals surface area contributed by atoms with Crippen molar-refractivity contribution in [3.05, 3.63) is 86.7 Å². The number of benzene rings is 2. The molecular formula is C28H32ClFN3O8P. The number of H-pyrrole nitrogens is 1. The van der Waals surface area contributed by atoms with Gasteiger partial charge in [-0.15, -0.1) is 0 Å². The standard InChI is InChI=1S/C28H32ClFN3O8P/c1-17(2)39-25(35)18(3)32-42(37,41-22-10-8-19(9-11-22)20-6-5-7-21(29)14-20)38-16-23-15-28(4,30)26(40-23)33-13-12-24(34)31-27(33)36/h5-14,17-18,23,26H,15-16H2,1-4H3,(H,32,37)(H,31,34,36). The summed E-state index contributed by atoms with van der Waals surface area (Å²) in [6.07, 6.45) is -1.82. The summed E-state index contributed by atoms with van der Waals surface area (Å²) in [5.41, 5.74) is -1.82. The van der Waals surface area contributed by atoms with E-state index in [4.69, 9.17) is 30.1 Å². The molecule has 0 aliphatic carbocycles. The van der Waals surface area contributed by atoms with E-state index in [2.05, 4.69) is 10.1 Å². The van der Waals surface area contributed by atoms with Crippen LogP contribution in [0.25, 0.3) is 11.1 Å². The van der Waals surface area contributed by atoms with Gasteiger partial charge in [0.25, 0.3) is 5.56 Å². The fourth-order valence-corrected chi connectivity index (χ4v) is 6.11. The molecule has 1 aromatic heterocycles. The molecule has 4 rings (SSSR count). The smallest absolute Gasteiger partial charge is 0.459 e. The Morgan fingerprint density at radius 2 is 1.90 bits per heavy atom. The van der Waals surface area contributed by atoms with Gasteiger partial charge in [-0.05, 0) is 63.1 Å². The Balaban J connectivity index is 1.52. The number of ether oxygens (including phenoxy) is 2. The second-order valence-electron chi connectivity index (χ2n) is 10.4. The highest BCUT2D eigenvalue weighted by molar-refractivity contribution is 7.52. The zero-order chi connectivity index (χ0) is 30.7. The molecule has 0 amide bonds. The maximum absolute atomic E-state index is 15.5. The topological polar surface area (TPSA) is 138 Å². The molecule has 0 saturated carbocycles. The summed E-state index contributed by atoms with van der Waals surface area (Å²) >= 11 is 6.09. The average molecular weight is 624 g/mol. The van der Waals surface area contributed by atoms with E-state index in [0.29, 0.717) is 5.02 Å². The normalized spacial score (nSPS) is 22.5. The molecule has 2 heterocycles. The average Bonchev–Trinajstić information content (AvgIpc) is 3.21. The lowest BCUT2D eigenvalue weighted by Crippen LogP contribution is -2.38. The molecule has 14 heteroatoms. The van der Waals surface area contributed by atoms with E-state index in [9.17, 15) is 18.9 Å². The summed E-state index contributed by atoms with van der Waals surface area (Å²) < 4.78 is 52.7. The number of carbonyl (C=O) groups excluding carboxylic acids is 1. The first-order valence-electron chi connectivity index (χ1n) is 13.2. The lowest BCUT2D eigenvalue weighted by Gasteiger charge is -2.24. The Morgan fingerprint density at radius 1 is 1.19 bits per heavy atom. The Bertz CT molecular complexity index is 1580. The van der Waals surface area contributed by atoms with Gasteiger partial charge in [0.05, 0.1) is 18.8 Å². The third kappa shape index (κ3) is 7.96. The van der Waals surface area contributed by atoms with Gasteiger partial charge in [0.15, 0.2) is 11.9 Å². The predicted octanol–water partition coefficient (Wildman–Crippen LogP) is 5.01. The molecule has 5 atom stereocenters. The largest absolute Gasteiger partial charge is 0.462 e. The number of rotatable bonds is 11. The zero-order valence-electron chi connectivity index (χ0n) is 23.4. The molecular weight excluding hydrogens is 592 g/mol. The molecule has 5 unspecified atom stereocenters. The summed E-state index contributed by atoms with van der Waals surface area (Å²) in [7, 11) is -4.28. The maximum atomic E-state index is 15.5. The molecule has 2 aromatic carbocycles. The molecule has 2 N–H and O–H groups in total. The minimum absolute atomic E-state index is 0.168. The van der Waals surface area contributed by atoms with E-state index in [-0.39, 0.29) is 12.2 Å². The van der Waals surface area contributed by atoms with Crippen LogP contribution in [-0.2, 0) is 23.4 Å². The van der Waals surface area contributed by atoms with E-state index in [1.807, 2.05) is 12.1 Å². The van der Waals surface area contributed by atoms with Crippen molar-refractivity contribution in [3.63, 3.8) is 0 Å². The van der Waals surface area contributed by atoms with Crippen molar-refractivity contribution >= 4 is 25.3 Å². The van der Waals surface area contributed by atoms with Crippen LogP contribution >= 0.6 is 19.3 Å². The first kappa shape index (κ1) is 31.7. The molecule has 1 saturated heterocycles. The lowest BCUT2D eigenvalue weighted by atomic mass is 10.0. The van der Waals surface area contributed by atoms with Crippen LogP contribution in [0.4, 0.5) is 4.39 Å². The van der Waals surface area contributed by atoms with E-state index in [1.165, 1.54) is 13.8 Å². The number of alkyl halides is 1. The van der Waals surface area contributed by atoms with Gasteiger partial charge in [0.2, 0.25) is 0 Å². The van der Waals surface area contributed by atoms with Gasteiger partial charge >= 0.3 is 19.4 Å². The second kappa shape index (κ2) is 12.9.